The van der Waals surface area contributed by atoms with Gasteiger partial charge in [-0.2, -0.15) is 0 Å². The first-order valence-corrected chi connectivity index (χ1v) is 10.7. The average molecular weight is 444 g/mol. The van der Waals surface area contributed by atoms with Crippen LogP contribution < -0.4 is 0 Å². The van der Waals surface area contributed by atoms with Crippen molar-refractivity contribution in [3.05, 3.63) is 118 Å². The van der Waals surface area contributed by atoms with Crippen molar-refractivity contribution in [2.45, 2.75) is 18.9 Å². The average Bonchev–Trinajstić information content (AvgIpc) is 2.81. The van der Waals surface area contributed by atoms with Crippen LogP contribution >= 0.6 is 11.6 Å². The number of fused-ring (bicyclic) bond motifs is 1. The number of halogens is 1. The third-order valence-corrected chi connectivity index (χ3v) is 5.75. The van der Waals surface area contributed by atoms with Gasteiger partial charge in [0.05, 0.1) is 22.9 Å². The van der Waals surface area contributed by atoms with Crippen molar-refractivity contribution in [3.63, 3.8) is 0 Å². The van der Waals surface area contributed by atoms with Gasteiger partial charge in [-0.3, -0.25) is 0 Å². The molecular formula is C27H22ClNO3. The number of carboxylic acids is 1. The first-order chi connectivity index (χ1) is 15.4. The van der Waals surface area contributed by atoms with Crippen LogP contribution in [0.3, 0.4) is 0 Å². The smallest absolute Gasteiger partial charge is 0.335 e. The zero-order valence-electron chi connectivity index (χ0n) is 17.3. The summed E-state index contributed by atoms with van der Waals surface area (Å²) in [5.74, 6) is -0.961. The Morgan fingerprint density at radius 3 is 2.59 bits per heavy atom. The van der Waals surface area contributed by atoms with E-state index in [9.17, 15) is 15.0 Å². The van der Waals surface area contributed by atoms with E-state index in [0.29, 0.717) is 23.4 Å². The van der Waals surface area contributed by atoms with Crippen molar-refractivity contribution in [2.75, 3.05) is 0 Å². The largest absolute Gasteiger partial charge is 0.478 e. The molecule has 0 aliphatic rings. The van der Waals surface area contributed by atoms with Crippen molar-refractivity contribution in [1.29, 1.82) is 0 Å². The summed E-state index contributed by atoms with van der Waals surface area (Å²) >= 11 is 6.10. The highest BCUT2D eigenvalue weighted by molar-refractivity contribution is 6.31. The molecule has 0 amide bonds. The normalized spacial score (nSPS) is 11.9. The van der Waals surface area contributed by atoms with Crippen molar-refractivity contribution < 1.29 is 15.0 Å². The molecule has 1 aromatic heterocycles. The molecule has 4 nitrogen and oxygen atoms in total. The topological polar surface area (TPSA) is 70.4 Å². The van der Waals surface area contributed by atoms with Gasteiger partial charge in [0.1, 0.15) is 0 Å². The van der Waals surface area contributed by atoms with E-state index < -0.39 is 12.1 Å². The zero-order chi connectivity index (χ0) is 22.7. The molecule has 1 atom stereocenters. The van der Waals surface area contributed by atoms with Crippen molar-refractivity contribution in [1.82, 2.24) is 4.98 Å². The SMILES string of the molecule is C=C(c1cccc(C(O)CCc2ccccc2C(=O)O)c1)c1ccc2ccc(Cl)cc2n1. The van der Waals surface area contributed by atoms with E-state index in [1.54, 1.807) is 18.2 Å². The molecule has 0 aliphatic carbocycles. The van der Waals surface area contributed by atoms with Crippen LogP contribution in [0.5, 0.6) is 0 Å². The number of hydrogen-bond donors (Lipinski definition) is 2. The Morgan fingerprint density at radius 2 is 1.78 bits per heavy atom. The number of pyridine rings is 1. The molecule has 4 rings (SSSR count). The first-order valence-electron chi connectivity index (χ1n) is 10.3. The summed E-state index contributed by atoms with van der Waals surface area (Å²) in [7, 11) is 0. The maximum atomic E-state index is 11.4. The summed E-state index contributed by atoms with van der Waals surface area (Å²) in [6, 6.07) is 23.9. The zero-order valence-corrected chi connectivity index (χ0v) is 18.1. The fraction of sp³-hybridized carbons (Fsp3) is 0.111. The standard InChI is InChI=1S/C27H22ClNO3/c1-17(24-13-10-19-9-12-22(28)16-25(19)29-24)20-6-4-7-21(15-20)26(30)14-11-18-5-2-3-8-23(18)27(31)32/h2-10,12-13,15-16,26,30H,1,11,14H2,(H,31,32). The number of aryl methyl sites for hydroxylation is 1. The van der Waals surface area contributed by atoms with Crippen LogP contribution in [-0.2, 0) is 6.42 Å². The van der Waals surface area contributed by atoms with Crippen LogP contribution in [0.2, 0.25) is 5.02 Å². The number of carbonyl (C=O) groups is 1. The molecule has 5 heteroatoms. The van der Waals surface area contributed by atoms with Crippen LogP contribution in [0.25, 0.3) is 16.5 Å². The van der Waals surface area contributed by atoms with E-state index in [1.807, 2.05) is 60.7 Å². The lowest BCUT2D eigenvalue weighted by Gasteiger charge is -2.14. The van der Waals surface area contributed by atoms with Crippen molar-refractivity contribution >= 4 is 34.0 Å². The number of benzene rings is 3. The molecular weight excluding hydrogens is 422 g/mol. The van der Waals surface area contributed by atoms with Gasteiger partial charge in [-0.1, -0.05) is 66.7 Å². The minimum atomic E-state index is -0.961. The van der Waals surface area contributed by atoms with E-state index in [0.717, 1.165) is 33.3 Å². The Hall–Kier alpha value is -3.47. The second kappa shape index (κ2) is 9.35. The highest BCUT2D eigenvalue weighted by atomic mass is 35.5. The first kappa shape index (κ1) is 21.8. The quantitative estimate of drug-likeness (QED) is 0.351. The van der Waals surface area contributed by atoms with Gasteiger partial charge in [0.2, 0.25) is 0 Å². The molecule has 2 N–H and O–H groups in total. The van der Waals surface area contributed by atoms with E-state index in [2.05, 4.69) is 11.6 Å². The van der Waals surface area contributed by atoms with Gasteiger partial charge in [-0.15, -0.1) is 0 Å². The van der Waals surface area contributed by atoms with Gasteiger partial charge in [0.25, 0.3) is 0 Å². The highest BCUT2D eigenvalue weighted by Gasteiger charge is 2.14. The lowest BCUT2D eigenvalue weighted by molar-refractivity contribution is 0.0695. The maximum Gasteiger partial charge on any atom is 0.335 e. The molecule has 32 heavy (non-hydrogen) atoms. The summed E-state index contributed by atoms with van der Waals surface area (Å²) in [6.45, 7) is 4.21. The number of hydrogen-bond acceptors (Lipinski definition) is 3. The molecule has 1 heterocycles. The summed E-state index contributed by atoms with van der Waals surface area (Å²) in [6.07, 6.45) is 0.141. The molecule has 1 unspecified atom stereocenters. The molecule has 0 fully saturated rings. The summed E-state index contributed by atoms with van der Waals surface area (Å²) in [5, 5.41) is 21.7. The Bertz CT molecular complexity index is 1320. The molecule has 3 aromatic carbocycles. The number of aliphatic hydroxyl groups excluding tert-OH is 1. The van der Waals surface area contributed by atoms with Crippen LogP contribution in [0.4, 0.5) is 0 Å². The van der Waals surface area contributed by atoms with Gasteiger partial charge < -0.3 is 10.2 Å². The van der Waals surface area contributed by atoms with Crippen LogP contribution in [-0.4, -0.2) is 21.2 Å². The van der Waals surface area contributed by atoms with Gasteiger partial charge in [-0.25, -0.2) is 9.78 Å². The second-order valence-corrected chi connectivity index (χ2v) is 8.09. The Balaban J connectivity index is 1.53. The number of nitrogens with zero attached hydrogens (tertiary/aromatic N) is 1. The minimum absolute atomic E-state index is 0.268. The maximum absolute atomic E-state index is 11.4. The summed E-state index contributed by atoms with van der Waals surface area (Å²) < 4.78 is 0. The summed E-state index contributed by atoms with van der Waals surface area (Å²) in [5.41, 5.74) is 4.87. The monoisotopic (exact) mass is 443 g/mol. The van der Waals surface area contributed by atoms with Crippen LogP contribution in [0.15, 0.2) is 85.4 Å². The van der Waals surface area contributed by atoms with E-state index in [4.69, 9.17) is 11.6 Å². The second-order valence-electron chi connectivity index (χ2n) is 7.65. The lowest BCUT2D eigenvalue weighted by Crippen LogP contribution is -2.05. The third-order valence-electron chi connectivity index (χ3n) is 5.52. The molecule has 0 radical (unpaired) electrons. The molecule has 4 aromatic rings. The Kier molecular flexibility index (Phi) is 6.35. The molecule has 0 aliphatic heterocycles. The van der Waals surface area contributed by atoms with Crippen molar-refractivity contribution in [3.8, 4) is 0 Å². The Morgan fingerprint density at radius 1 is 1.00 bits per heavy atom. The van der Waals surface area contributed by atoms with E-state index in [-0.39, 0.29) is 5.56 Å². The number of aromatic carboxylic acids is 1. The fourth-order valence-corrected chi connectivity index (χ4v) is 3.91. The number of rotatable bonds is 7. The van der Waals surface area contributed by atoms with Crippen LogP contribution in [0.1, 0.15) is 45.3 Å². The molecule has 0 saturated carbocycles. The number of aromatic nitrogens is 1. The number of carboxylic acid groups (broad SMARTS) is 1. The van der Waals surface area contributed by atoms with Crippen molar-refractivity contribution in [2.24, 2.45) is 0 Å². The van der Waals surface area contributed by atoms with E-state index >= 15 is 0 Å². The third kappa shape index (κ3) is 4.72. The van der Waals surface area contributed by atoms with Gasteiger partial charge in [-0.05, 0) is 59.9 Å². The lowest BCUT2D eigenvalue weighted by atomic mass is 9.95. The summed E-state index contributed by atoms with van der Waals surface area (Å²) in [4.78, 5) is 16.1. The molecule has 0 saturated heterocycles. The molecule has 0 bridgehead atoms. The predicted octanol–water partition coefficient (Wildman–Crippen LogP) is 6.31. The highest BCUT2D eigenvalue weighted by Crippen LogP contribution is 2.27. The van der Waals surface area contributed by atoms with Gasteiger partial charge in [0.15, 0.2) is 0 Å². The molecule has 160 valence electrons. The predicted molar refractivity (Wildman–Crippen MR) is 128 cm³/mol. The number of aliphatic hydroxyl groups is 1. The van der Waals surface area contributed by atoms with Crippen LogP contribution in [0, 0.1) is 0 Å². The van der Waals surface area contributed by atoms with E-state index in [1.165, 1.54) is 0 Å². The fourth-order valence-electron chi connectivity index (χ4n) is 3.75. The molecule has 0 spiro atoms. The van der Waals surface area contributed by atoms with Gasteiger partial charge >= 0.3 is 5.97 Å². The van der Waals surface area contributed by atoms with Gasteiger partial charge in [0, 0.05) is 16.0 Å². The Labute approximate surface area is 191 Å². The minimum Gasteiger partial charge on any atom is -0.478 e.